The van der Waals surface area contributed by atoms with Crippen LogP contribution in [0.4, 0.5) is 10.8 Å². The number of non-ortho nitro benzene ring substituents is 1. The molecule has 0 unspecified atom stereocenters. The van der Waals surface area contributed by atoms with E-state index in [-0.39, 0.29) is 5.69 Å². The lowest BCUT2D eigenvalue weighted by atomic mass is 10.2. The fourth-order valence-electron chi connectivity index (χ4n) is 1.54. The number of aromatic nitrogens is 4. The van der Waals surface area contributed by atoms with Gasteiger partial charge in [-0.05, 0) is 12.1 Å². The average Bonchev–Trinajstić information content (AvgIpc) is 2.88. The number of benzene rings is 1. The second-order valence-corrected chi connectivity index (χ2v) is 4.45. The van der Waals surface area contributed by atoms with Crippen LogP contribution in [-0.2, 0) is 0 Å². The Kier molecular flexibility index (Phi) is 2.20. The Balaban J connectivity index is 2.11. The number of hydrogen-bond acceptors (Lipinski definition) is 7. The number of anilines is 1. The fourth-order valence-corrected chi connectivity index (χ4v) is 2.15. The van der Waals surface area contributed by atoms with Crippen LogP contribution in [0.3, 0.4) is 0 Å². The largest absolute Gasteiger partial charge is 0.374 e. The molecule has 2 aromatic heterocycles. The van der Waals surface area contributed by atoms with Crippen LogP contribution >= 0.6 is 11.3 Å². The van der Waals surface area contributed by atoms with E-state index in [1.54, 1.807) is 12.1 Å². The molecule has 3 rings (SSSR count). The van der Waals surface area contributed by atoms with Gasteiger partial charge in [0.15, 0.2) is 5.82 Å². The molecule has 2 heterocycles. The van der Waals surface area contributed by atoms with Crippen LogP contribution in [0.2, 0.25) is 0 Å². The van der Waals surface area contributed by atoms with E-state index >= 15 is 0 Å². The van der Waals surface area contributed by atoms with Crippen molar-refractivity contribution in [3.8, 4) is 11.4 Å². The maximum Gasteiger partial charge on any atom is 0.269 e. The second kappa shape index (κ2) is 3.74. The molecule has 0 atom stereocenters. The summed E-state index contributed by atoms with van der Waals surface area (Å²) in [6.45, 7) is 0. The van der Waals surface area contributed by atoms with Gasteiger partial charge in [-0.15, -0.1) is 15.3 Å². The molecular formula is C9H6N6O2S. The van der Waals surface area contributed by atoms with E-state index in [9.17, 15) is 10.1 Å². The van der Waals surface area contributed by atoms with Gasteiger partial charge in [0.1, 0.15) is 0 Å². The Morgan fingerprint density at radius 2 is 2.00 bits per heavy atom. The molecule has 0 aliphatic heterocycles. The van der Waals surface area contributed by atoms with Crippen LogP contribution in [0.15, 0.2) is 24.3 Å². The molecule has 2 N–H and O–H groups in total. The van der Waals surface area contributed by atoms with Gasteiger partial charge >= 0.3 is 0 Å². The Labute approximate surface area is 104 Å². The minimum Gasteiger partial charge on any atom is -0.374 e. The molecule has 0 amide bonds. The van der Waals surface area contributed by atoms with E-state index in [4.69, 9.17) is 5.73 Å². The van der Waals surface area contributed by atoms with E-state index in [0.29, 0.717) is 21.5 Å². The Bertz CT molecular complexity index is 731. The Morgan fingerprint density at radius 3 is 2.67 bits per heavy atom. The molecule has 0 aliphatic carbocycles. The number of hydrogen-bond donors (Lipinski definition) is 1. The van der Waals surface area contributed by atoms with E-state index < -0.39 is 4.92 Å². The van der Waals surface area contributed by atoms with Crippen molar-refractivity contribution in [2.45, 2.75) is 0 Å². The highest BCUT2D eigenvalue weighted by molar-refractivity contribution is 7.20. The van der Waals surface area contributed by atoms with E-state index in [2.05, 4.69) is 15.3 Å². The van der Waals surface area contributed by atoms with Crippen LogP contribution in [0, 0.1) is 10.1 Å². The van der Waals surface area contributed by atoms with Crippen LogP contribution in [0.1, 0.15) is 0 Å². The first-order chi connectivity index (χ1) is 8.65. The summed E-state index contributed by atoms with van der Waals surface area (Å²) < 4.78 is 1.52. The van der Waals surface area contributed by atoms with Crippen molar-refractivity contribution in [2.24, 2.45) is 0 Å². The quantitative estimate of drug-likeness (QED) is 0.551. The molecule has 3 aromatic rings. The first-order valence-corrected chi connectivity index (χ1v) is 5.69. The fraction of sp³-hybridized carbons (Fsp3) is 0. The maximum atomic E-state index is 10.6. The highest BCUT2D eigenvalue weighted by Crippen LogP contribution is 2.24. The summed E-state index contributed by atoms with van der Waals surface area (Å²) in [7, 11) is 0. The van der Waals surface area contributed by atoms with Crippen molar-refractivity contribution < 1.29 is 4.92 Å². The zero-order chi connectivity index (χ0) is 12.7. The van der Waals surface area contributed by atoms with Gasteiger partial charge < -0.3 is 5.73 Å². The molecule has 0 saturated carbocycles. The van der Waals surface area contributed by atoms with Crippen LogP contribution in [-0.4, -0.2) is 24.7 Å². The summed E-state index contributed by atoms with van der Waals surface area (Å²) in [5.41, 5.74) is 6.29. The molecule has 0 fully saturated rings. The minimum absolute atomic E-state index is 0.0253. The summed E-state index contributed by atoms with van der Waals surface area (Å²) in [4.78, 5) is 10.7. The van der Waals surface area contributed by atoms with Gasteiger partial charge in [0.25, 0.3) is 5.69 Å². The molecule has 0 bridgehead atoms. The molecule has 90 valence electrons. The highest BCUT2D eigenvalue weighted by atomic mass is 32.1. The molecule has 1 aromatic carbocycles. The summed E-state index contributed by atoms with van der Waals surface area (Å²) in [6, 6.07) is 6.02. The molecule has 0 spiro atoms. The third kappa shape index (κ3) is 1.57. The van der Waals surface area contributed by atoms with Crippen LogP contribution in [0.25, 0.3) is 16.3 Å². The first-order valence-electron chi connectivity index (χ1n) is 4.88. The molecule has 8 nitrogen and oxygen atoms in total. The Hall–Kier alpha value is -2.55. The van der Waals surface area contributed by atoms with E-state index in [0.717, 1.165) is 0 Å². The van der Waals surface area contributed by atoms with Crippen molar-refractivity contribution in [3.63, 3.8) is 0 Å². The third-order valence-electron chi connectivity index (χ3n) is 2.34. The van der Waals surface area contributed by atoms with E-state index in [1.165, 1.54) is 28.0 Å². The lowest BCUT2D eigenvalue weighted by Gasteiger charge is -1.96. The summed E-state index contributed by atoms with van der Waals surface area (Å²) in [6.07, 6.45) is 0. The zero-order valence-corrected chi connectivity index (χ0v) is 9.66. The molecule has 0 radical (unpaired) electrons. The number of nitrogens with zero attached hydrogens (tertiary/aromatic N) is 5. The number of nitrogens with two attached hydrogens (primary N) is 1. The number of fused-ring (bicyclic) bond motifs is 1. The van der Waals surface area contributed by atoms with Crippen LogP contribution < -0.4 is 5.73 Å². The van der Waals surface area contributed by atoms with Gasteiger partial charge in [-0.25, -0.2) is 0 Å². The number of nitro groups is 1. The van der Waals surface area contributed by atoms with Gasteiger partial charge in [-0.1, -0.05) is 11.3 Å². The van der Waals surface area contributed by atoms with Crippen LogP contribution in [0.5, 0.6) is 0 Å². The standard InChI is InChI=1S/C9H6N6O2S/c10-8-13-14-7(11-12-9(14)18-8)5-1-3-6(4-2-5)15(16)17/h1-4H,(H2,10,13). The minimum atomic E-state index is -0.454. The van der Waals surface area contributed by atoms with Gasteiger partial charge in [-0.2, -0.15) is 4.52 Å². The van der Waals surface area contributed by atoms with Gasteiger partial charge in [0.2, 0.25) is 10.1 Å². The predicted octanol–water partition coefficient (Wildman–Crippen LogP) is 1.34. The smallest absolute Gasteiger partial charge is 0.269 e. The van der Waals surface area contributed by atoms with Crippen molar-refractivity contribution in [1.29, 1.82) is 0 Å². The molecule has 18 heavy (non-hydrogen) atoms. The molecule has 0 saturated heterocycles. The van der Waals surface area contributed by atoms with Gasteiger partial charge in [-0.3, -0.25) is 10.1 Å². The molecule has 9 heteroatoms. The number of nitro benzene ring substituents is 1. The molecule has 0 aliphatic rings. The summed E-state index contributed by atoms with van der Waals surface area (Å²) in [5.74, 6) is 0.507. The number of rotatable bonds is 2. The monoisotopic (exact) mass is 262 g/mol. The van der Waals surface area contributed by atoms with Gasteiger partial charge in [0.05, 0.1) is 4.92 Å². The van der Waals surface area contributed by atoms with E-state index in [1.807, 2.05) is 0 Å². The summed E-state index contributed by atoms with van der Waals surface area (Å²) >= 11 is 1.22. The van der Waals surface area contributed by atoms with Crippen molar-refractivity contribution in [1.82, 2.24) is 19.8 Å². The highest BCUT2D eigenvalue weighted by Gasteiger charge is 2.13. The van der Waals surface area contributed by atoms with Gasteiger partial charge in [0, 0.05) is 17.7 Å². The first kappa shape index (κ1) is 10.6. The average molecular weight is 262 g/mol. The zero-order valence-electron chi connectivity index (χ0n) is 8.85. The normalized spacial score (nSPS) is 10.9. The second-order valence-electron chi connectivity index (χ2n) is 3.46. The Morgan fingerprint density at radius 1 is 1.28 bits per heavy atom. The topological polar surface area (TPSA) is 112 Å². The number of nitrogen functional groups attached to an aromatic ring is 1. The lowest BCUT2D eigenvalue weighted by Crippen LogP contribution is -1.93. The SMILES string of the molecule is Nc1nn2c(-c3ccc([N+](=O)[O-])cc3)nnc2s1. The van der Waals surface area contributed by atoms with Crippen molar-refractivity contribution in [2.75, 3.05) is 5.73 Å². The predicted molar refractivity (Wildman–Crippen MR) is 65.2 cm³/mol. The third-order valence-corrected chi connectivity index (χ3v) is 3.07. The van der Waals surface area contributed by atoms with Crippen molar-refractivity contribution >= 4 is 27.1 Å². The lowest BCUT2D eigenvalue weighted by molar-refractivity contribution is -0.384. The van der Waals surface area contributed by atoms with Crippen molar-refractivity contribution in [3.05, 3.63) is 34.4 Å². The summed E-state index contributed by atoms with van der Waals surface area (Å²) in [5, 5.41) is 22.9. The maximum absolute atomic E-state index is 10.6. The molecular weight excluding hydrogens is 256 g/mol.